The van der Waals surface area contributed by atoms with Crippen molar-refractivity contribution in [1.82, 2.24) is 0 Å². The molecule has 1 fully saturated rings. The summed E-state index contributed by atoms with van der Waals surface area (Å²) < 4.78 is 14.4. The Labute approximate surface area is 98.2 Å². The third kappa shape index (κ3) is 2.71. The molecule has 1 saturated carbocycles. The quantitative estimate of drug-likeness (QED) is 0.851. The number of benzene rings is 1. The third-order valence-electron chi connectivity index (χ3n) is 2.98. The van der Waals surface area contributed by atoms with Crippen LogP contribution in [-0.4, -0.2) is 6.04 Å². The van der Waals surface area contributed by atoms with Crippen molar-refractivity contribution < 1.29 is 4.39 Å². The number of hydrogen-bond donors (Lipinski definition) is 1. The highest BCUT2D eigenvalue weighted by Gasteiger charge is 2.21. The number of nitrogens with one attached hydrogen (secondary N) is 1. The van der Waals surface area contributed by atoms with Gasteiger partial charge < -0.3 is 5.32 Å². The fourth-order valence-electron chi connectivity index (χ4n) is 2.17. The van der Waals surface area contributed by atoms with Crippen LogP contribution in [0.15, 0.2) is 22.7 Å². The minimum Gasteiger partial charge on any atom is -0.380 e. The van der Waals surface area contributed by atoms with E-state index in [0.29, 0.717) is 11.7 Å². The Morgan fingerprint density at radius 3 is 2.87 bits per heavy atom. The maximum Gasteiger partial charge on any atom is 0.146 e. The molecule has 1 N–H and O–H groups in total. The second-order valence-corrected chi connectivity index (χ2v) is 5.30. The molecule has 15 heavy (non-hydrogen) atoms. The van der Waals surface area contributed by atoms with E-state index in [9.17, 15) is 4.39 Å². The van der Waals surface area contributed by atoms with Gasteiger partial charge in [0.15, 0.2) is 0 Å². The number of hydrogen-bond acceptors (Lipinski definition) is 1. The summed E-state index contributed by atoms with van der Waals surface area (Å²) in [6.07, 6.45) is 3.53. The van der Waals surface area contributed by atoms with Crippen molar-refractivity contribution in [2.75, 3.05) is 5.32 Å². The molecule has 1 aromatic rings. The van der Waals surface area contributed by atoms with Gasteiger partial charge in [0, 0.05) is 10.5 Å². The van der Waals surface area contributed by atoms with E-state index >= 15 is 0 Å². The van der Waals surface area contributed by atoms with Crippen LogP contribution < -0.4 is 5.32 Å². The molecule has 0 radical (unpaired) electrons. The number of rotatable bonds is 2. The Kier molecular flexibility index (Phi) is 3.29. The monoisotopic (exact) mass is 271 g/mol. The summed E-state index contributed by atoms with van der Waals surface area (Å²) in [4.78, 5) is 0. The molecule has 1 aliphatic carbocycles. The van der Waals surface area contributed by atoms with Crippen LogP contribution in [0.2, 0.25) is 0 Å². The molecule has 0 saturated heterocycles. The van der Waals surface area contributed by atoms with Crippen LogP contribution in [0.3, 0.4) is 0 Å². The topological polar surface area (TPSA) is 12.0 Å². The smallest absolute Gasteiger partial charge is 0.146 e. The summed E-state index contributed by atoms with van der Waals surface area (Å²) in [5.41, 5.74) is 0.614. The van der Waals surface area contributed by atoms with Crippen LogP contribution in [0, 0.1) is 11.7 Å². The highest BCUT2D eigenvalue weighted by molar-refractivity contribution is 9.10. The summed E-state index contributed by atoms with van der Waals surface area (Å²) in [7, 11) is 0. The summed E-state index contributed by atoms with van der Waals surface area (Å²) in [6, 6.07) is 5.45. The molecule has 0 spiro atoms. The Balaban J connectivity index is 2.07. The van der Waals surface area contributed by atoms with Gasteiger partial charge in [-0.1, -0.05) is 22.9 Å². The molecule has 3 heteroatoms. The Bertz CT molecular complexity index is 353. The predicted octanol–water partition coefficient (Wildman–Crippen LogP) is 4.19. The van der Waals surface area contributed by atoms with E-state index in [2.05, 4.69) is 28.2 Å². The van der Waals surface area contributed by atoms with Crippen LogP contribution in [-0.2, 0) is 0 Å². The predicted molar refractivity (Wildman–Crippen MR) is 64.5 cm³/mol. The molecular formula is C12H15BrFN. The van der Waals surface area contributed by atoms with Gasteiger partial charge in [-0.15, -0.1) is 0 Å². The molecule has 1 nitrogen and oxygen atoms in total. The first-order chi connectivity index (χ1) is 7.15. The SMILES string of the molecule is CC1CCC(Nc2cc(Br)ccc2F)C1. The lowest BCUT2D eigenvalue weighted by Gasteiger charge is -2.14. The Morgan fingerprint density at radius 2 is 2.20 bits per heavy atom. The van der Waals surface area contributed by atoms with Crippen molar-refractivity contribution in [3.8, 4) is 0 Å². The minimum atomic E-state index is -0.169. The van der Waals surface area contributed by atoms with Crippen molar-refractivity contribution in [1.29, 1.82) is 0 Å². The fourth-order valence-corrected chi connectivity index (χ4v) is 2.53. The standard InChI is InChI=1S/C12H15BrFN/c1-8-2-4-10(6-8)15-12-7-9(13)3-5-11(12)14/h3,5,7-8,10,15H,2,4,6H2,1H3. The zero-order valence-electron chi connectivity index (χ0n) is 8.76. The molecule has 82 valence electrons. The van der Waals surface area contributed by atoms with E-state index in [1.807, 2.05) is 0 Å². The van der Waals surface area contributed by atoms with Crippen molar-refractivity contribution in [2.45, 2.75) is 32.2 Å². The van der Waals surface area contributed by atoms with Gasteiger partial charge in [0.05, 0.1) is 5.69 Å². The van der Waals surface area contributed by atoms with E-state index in [1.54, 1.807) is 12.1 Å². The molecule has 2 atom stereocenters. The maximum atomic E-state index is 13.4. The Hall–Kier alpha value is -0.570. The lowest BCUT2D eigenvalue weighted by atomic mass is 10.1. The van der Waals surface area contributed by atoms with Crippen LogP contribution in [0.4, 0.5) is 10.1 Å². The van der Waals surface area contributed by atoms with Crippen LogP contribution in [0.25, 0.3) is 0 Å². The molecule has 0 heterocycles. The van der Waals surface area contributed by atoms with Crippen molar-refractivity contribution >= 4 is 21.6 Å². The second kappa shape index (κ2) is 4.52. The van der Waals surface area contributed by atoms with Gasteiger partial charge in [-0.05, 0) is 43.4 Å². The van der Waals surface area contributed by atoms with E-state index in [-0.39, 0.29) is 5.82 Å². The number of anilines is 1. The van der Waals surface area contributed by atoms with Crippen molar-refractivity contribution in [2.24, 2.45) is 5.92 Å². The number of halogens is 2. The van der Waals surface area contributed by atoms with Gasteiger partial charge in [-0.2, -0.15) is 0 Å². The van der Waals surface area contributed by atoms with Crippen molar-refractivity contribution in [3.63, 3.8) is 0 Å². The van der Waals surface area contributed by atoms with Gasteiger partial charge in [0.2, 0.25) is 0 Å². The first-order valence-corrected chi connectivity index (χ1v) is 6.16. The third-order valence-corrected chi connectivity index (χ3v) is 3.48. The maximum absolute atomic E-state index is 13.4. The molecule has 1 aromatic carbocycles. The zero-order chi connectivity index (χ0) is 10.8. The lowest BCUT2D eigenvalue weighted by molar-refractivity contribution is 0.597. The Morgan fingerprint density at radius 1 is 1.40 bits per heavy atom. The lowest BCUT2D eigenvalue weighted by Crippen LogP contribution is -2.16. The normalized spacial score (nSPS) is 25.5. The summed E-state index contributed by atoms with van der Waals surface area (Å²) in [5.74, 6) is 0.593. The van der Waals surface area contributed by atoms with Crippen LogP contribution in [0.5, 0.6) is 0 Å². The minimum absolute atomic E-state index is 0.169. The highest BCUT2D eigenvalue weighted by atomic mass is 79.9. The van der Waals surface area contributed by atoms with Gasteiger partial charge in [0.1, 0.15) is 5.82 Å². The van der Waals surface area contributed by atoms with Crippen molar-refractivity contribution in [3.05, 3.63) is 28.5 Å². The molecule has 0 aromatic heterocycles. The summed E-state index contributed by atoms with van der Waals surface area (Å²) >= 11 is 3.35. The van der Waals surface area contributed by atoms with Gasteiger partial charge in [-0.3, -0.25) is 0 Å². The fraction of sp³-hybridized carbons (Fsp3) is 0.500. The molecule has 2 unspecified atom stereocenters. The average Bonchev–Trinajstić information content (AvgIpc) is 2.58. The largest absolute Gasteiger partial charge is 0.380 e. The van der Waals surface area contributed by atoms with E-state index < -0.39 is 0 Å². The first-order valence-electron chi connectivity index (χ1n) is 5.37. The highest BCUT2D eigenvalue weighted by Crippen LogP contribution is 2.29. The molecule has 0 bridgehead atoms. The van der Waals surface area contributed by atoms with Crippen LogP contribution in [0.1, 0.15) is 26.2 Å². The second-order valence-electron chi connectivity index (χ2n) is 4.38. The first kappa shape index (κ1) is 10.9. The van der Waals surface area contributed by atoms with Crippen LogP contribution >= 0.6 is 15.9 Å². The van der Waals surface area contributed by atoms with E-state index in [4.69, 9.17) is 0 Å². The molecular weight excluding hydrogens is 257 g/mol. The molecule has 0 amide bonds. The van der Waals surface area contributed by atoms with E-state index in [1.165, 1.54) is 12.5 Å². The average molecular weight is 272 g/mol. The van der Waals surface area contributed by atoms with Gasteiger partial charge in [0.25, 0.3) is 0 Å². The molecule has 0 aliphatic heterocycles. The zero-order valence-corrected chi connectivity index (χ0v) is 10.3. The van der Waals surface area contributed by atoms with Gasteiger partial charge in [-0.25, -0.2) is 4.39 Å². The molecule has 1 aliphatic rings. The van der Waals surface area contributed by atoms with E-state index in [0.717, 1.165) is 23.2 Å². The summed E-state index contributed by atoms with van der Waals surface area (Å²) in [5, 5.41) is 3.28. The summed E-state index contributed by atoms with van der Waals surface area (Å²) in [6.45, 7) is 2.25. The molecule has 2 rings (SSSR count). The van der Waals surface area contributed by atoms with Gasteiger partial charge >= 0.3 is 0 Å².